The first kappa shape index (κ1) is 18.3. The smallest absolute Gasteiger partial charge is 0.251 e. The summed E-state index contributed by atoms with van der Waals surface area (Å²) in [4.78, 5) is 17.6. The van der Waals surface area contributed by atoms with Crippen LogP contribution in [0.1, 0.15) is 27.2 Å². The molecule has 0 bridgehead atoms. The average molecular weight is 394 g/mol. The van der Waals surface area contributed by atoms with Gasteiger partial charge in [-0.3, -0.25) is 4.79 Å². The Labute approximate surface area is 165 Å². The lowest BCUT2D eigenvalue weighted by Crippen LogP contribution is -2.26. The van der Waals surface area contributed by atoms with Crippen molar-refractivity contribution in [1.29, 1.82) is 0 Å². The van der Waals surface area contributed by atoms with E-state index < -0.39 is 0 Å². The van der Waals surface area contributed by atoms with Gasteiger partial charge in [-0.05, 0) is 37.6 Å². The van der Waals surface area contributed by atoms with E-state index in [1.54, 1.807) is 16.6 Å². The molecule has 0 aliphatic carbocycles. The van der Waals surface area contributed by atoms with E-state index in [4.69, 9.17) is 0 Å². The average Bonchev–Trinajstić information content (AvgIpc) is 3.23. The maximum absolute atomic E-state index is 13.4. The summed E-state index contributed by atoms with van der Waals surface area (Å²) in [7, 11) is 0. The summed E-state index contributed by atoms with van der Waals surface area (Å²) in [5.74, 6) is 0.0971. The third-order valence-electron chi connectivity index (χ3n) is 4.53. The van der Waals surface area contributed by atoms with Gasteiger partial charge in [0, 0.05) is 29.5 Å². The van der Waals surface area contributed by atoms with Gasteiger partial charge in [-0.1, -0.05) is 29.8 Å². The molecule has 0 aliphatic rings. The van der Waals surface area contributed by atoms with Gasteiger partial charge >= 0.3 is 0 Å². The minimum absolute atomic E-state index is 0.0805. The maximum atomic E-state index is 13.4. The van der Waals surface area contributed by atoms with Gasteiger partial charge in [0.2, 0.25) is 4.96 Å². The predicted octanol–water partition coefficient (Wildman–Crippen LogP) is 4.19. The lowest BCUT2D eigenvalue weighted by Gasteiger charge is -2.08. The Kier molecular flexibility index (Phi) is 4.92. The molecule has 0 saturated carbocycles. The monoisotopic (exact) mass is 394 g/mol. The third-order valence-corrected chi connectivity index (χ3v) is 5.39. The molecule has 28 heavy (non-hydrogen) atoms. The summed E-state index contributed by atoms with van der Waals surface area (Å²) < 4.78 is 15.2. The van der Waals surface area contributed by atoms with E-state index in [-0.39, 0.29) is 11.7 Å². The molecule has 4 aromatic rings. The number of aryl methyl sites for hydroxylation is 2. The van der Waals surface area contributed by atoms with E-state index in [0.717, 1.165) is 21.8 Å². The number of carbonyl (C=O) groups is 1. The first-order valence-corrected chi connectivity index (χ1v) is 9.84. The minimum atomic E-state index is -0.315. The first-order chi connectivity index (χ1) is 13.5. The second-order valence-corrected chi connectivity index (χ2v) is 7.53. The minimum Gasteiger partial charge on any atom is -0.352 e. The topological polar surface area (TPSA) is 59.3 Å². The van der Waals surface area contributed by atoms with Crippen LogP contribution in [0.4, 0.5) is 4.39 Å². The highest BCUT2D eigenvalue weighted by atomic mass is 32.1. The van der Waals surface area contributed by atoms with Crippen molar-refractivity contribution in [1.82, 2.24) is 19.9 Å². The SMILES string of the molecule is Cc1ccc(C(=O)NCCc2csc3nc(-c4cccc(F)c4)nn23)c(C)c1. The van der Waals surface area contributed by atoms with Gasteiger partial charge < -0.3 is 5.32 Å². The summed E-state index contributed by atoms with van der Waals surface area (Å²) in [6.07, 6.45) is 0.628. The van der Waals surface area contributed by atoms with Crippen LogP contribution in [0.5, 0.6) is 0 Å². The largest absolute Gasteiger partial charge is 0.352 e. The molecular weight excluding hydrogens is 375 g/mol. The highest BCUT2D eigenvalue weighted by Crippen LogP contribution is 2.21. The molecule has 0 radical (unpaired) electrons. The van der Waals surface area contributed by atoms with E-state index in [9.17, 15) is 9.18 Å². The third kappa shape index (κ3) is 3.66. The number of fused-ring (bicyclic) bond motifs is 1. The van der Waals surface area contributed by atoms with Crippen LogP contribution in [0.2, 0.25) is 0 Å². The molecule has 0 saturated heterocycles. The number of carbonyl (C=O) groups excluding carboxylic acids is 1. The summed E-state index contributed by atoms with van der Waals surface area (Å²) in [6.45, 7) is 4.44. The fourth-order valence-corrected chi connectivity index (χ4v) is 3.97. The number of thiazole rings is 1. The van der Waals surface area contributed by atoms with E-state index >= 15 is 0 Å². The van der Waals surface area contributed by atoms with Gasteiger partial charge in [-0.2, -0.15) is 4.98 Å². The Morgan fingerprint density at radius 2 is 2.07 bits per heavy atom. The summed E-state index contributed by atoms with van der Waals surface area (Å²) in [5.41, 5.74) is 4.39. The van der Waals surface area contributed by atoms with E-state index in [0.29, 0.717) is 29.9 Å². The van der Waals surface area contributed by atoms with Crippen molar-refractivity contribution in [2.75, 3.05) is 6.54 Å². The molecule has 0 unspecified atom stereocenters. The molecule has 0 atom stereocenters. The Morgan fingerprint density at radius 3 is 2.86 bits per heavy atom. The fourth-order valence-electron chi connectivity index (χ4n) is 3.11. The molecular formula is C21H19FN4OS. The Balaban J connectivity index is 1.46. The number of hydrogen-bond acceptors (Lipinski definition) is 4. The van der Waals surface area contributed by atoms with Crippen molar-refractivity contribution in [2.45, 2.75) is 20.3 Å². The Bertz CT molecular complexity index is 1160. The molecule has 1 amide bonds. The first-order valence-electron chi connectivity index (χ1n) is 8.96. The maximum Gasteiger partial charge on any atom is 0.251 e. The molecule has 4 rings (SSSR count). The number of halogens is 1. The van der Waals surface area contributed by atoms with Crippen LogP contribution in [0.3, 0.4) is 0 Å². The molecule has 0 fully saturated rings. The number of nitrogens with one attached hydrogen (secondary N) is 1. The molecule has 2 aromatic carbocycles. The number of hydrogen-bond donors (Lipinski definition) is 1. The Hall–Kier alpha value is -3.06. The highest BCUT2D eigenvalue weighted by Gasteiger charge is 2.13. The molecule has 5 nitrogen and oxygen atoms in total. The van der Waals surface area contributed by atoms with E-state index in [1.807, 2.05) is 37.4 Å². The quantitative estimate of drug-likeness (QED) is 0.552. The molecule has 1 N–H and O–H groups in total. The van der Waals surface area contributed by atoms with Crippen molar-refractivity contribution < 1.29 is 9.18 Å². The summed E-state index contributed by atoms with van der Waals surface area (Å²) in [5, 5.41) is 9.44. The number of aromatic nitrogens is 3. The van der Waals surface area contributed by atoms with Crippen molar-refractivity contribution >= 4 is 22.2 Å². The van der Waals surface area contributed by atoms with Crippen LogP contribution in [0.25, 0.3) is 16.3 Å². The van der Waals surface area contributed by atoms with Crippen molar-refractivity contribution in [3.8, 4) is 11.4 Å². The Morgan fingerprint density at radius 1 is 1.21 bits per heavy atom. The van der Waals surface area contributed by atoms with Crippen LogP contribution in [0.15, 0.2) is 47.8 Å². The number of benzene rings is 2. The molecule has 0 spiro atoms. The number of nitrogens with zero attached hydrogens (tertiary/aromatic N) is 3. The molecule has 0 aliphatic heterocycles. The van der Waals surface area contributed by atoms with Gasteiger partial charge in [-0.25, -0.2) is 8.91 Å². The van der Waals surface area contributed by atoms with Crippen molar-refractivity contribution in [3.63, 3.8) is 0 Å². The van der Waals surface area contributed by atoms with E-state index in [1.165, 1.54) is 23.5 Å². The normalized spacial score (nSPS) is 11.1. The molecule has 2 aromatic heterocycles. The summed E-state index contributed by atoms with van der Waals surface area (Å²) in [6, 6.07) is 12.0. The van der Waals surface area contributed by atoms with E-state index in [2.05, 4.69) is 15.4 Å². The van der Waals surface area contributed by atoms with Crippen molar-refractivity contribution in [2.24, 2.45) is 0 Å². The van der Waals surface area contributed by atoms with Crippen LogP contribution < -0.4 is 5.32 Å². The van der Waals surface area contributed by atoms with Gasteiger partial charge in [0.25, 0.3) is 5.91 Å². The van der Waals surface area contributed by atoms with Crippen LogP contribution in [-0.4, -0.2) is 27.0 Å². The lowest BCUT2D eigenvalue weighted by molar-refractivity contribution is 0.0953. The van der Waals surface area contributed by atoms with Gasteiger partial charge in [0.1, 0.15) is 5.82 Å². The zero-order chi connectivity index (χ0) is 19.7. The van der Waals surface area contributed by atoms with Gasteiger partial charge in [-0.15, -0.1) is 16.4 Å². The van der Waals surface area contributed by atoms with Crippen LogP contribution in [0, 0.1) is 19.7 Å². The van der Waals surface area contributed by atoms with Crippen LogP contribution in [-0.2, 0) is 6.42 Å². The number of amides is 1. The second kappa shape index (κ2) is 7.52. The molecule has 2 heterocycles. The molecule has 142 valence electrons. The fraction of sp³-hybridized carbons (Fsp3) is 0.190. The van der Waals surface area contributed by atoms with Crippen molar-refractivity contribution in [3.05, 3.63) is 76.0 Å². The molecule has 7 heteroatoms. The van der Waals surface area contributed by atoms with Gasteiger partial charge in [0.05, 0.1) is 5.69 Å². The van der Waals surface area contributed by atoms with Crippen LogP contribution >= 0.6 is 11.3 Å². The highest BCUT2D eigenvalue weighted by molar-refractivity contribution is 7.15. The van der Waals surface area contributed by atoms with Gasteiger partial charge in [0.15, 0.2) is 5.82 Å². The predicted molar refractivity (Wildman–Crippen MR) is 108 cm³/mol. The second-order valence-electron chi connectivity index (χ2n) is 6.69. The lowest BCUT2D eigenvalue weighted by atomic mass is 10.1. The zero-order valence-electron chi connectivity index (χ0n) is 15.6. The standard InChI is InChI=1S/C21H19FN4OS/c1-13-6-7-18(14(2)10-13)20(27)23-9-8-17-12-28-21-24-19(25-26(17)21)15-4-3-5-16(22)11-15/h3-7,10-12H,8-9H2,1-2H3,(H,23,27). The zero-order valence-corrected chi connectivity index (χ0v) is 16.4. The summed E-state index contributed by atoms with van der Waals surface area (Å²) >= 11 is 1.48. The number of rotatable bonds is 5.